The summed E-state index contributed by atoms with van der Waals surface area (Å²) in [5.74, 6) is -0.122. The second-order valence-electron chi connectivity index (χ2n) is 7.84. The fraction of sp³-hybridized carbons (Fsp3) is 0.0741. The lowest BCUT2D eigenvalue weighted by molar-refractivity contribution is 0.416. The molecule has 0 fully saturated rings. The minimum Gasteiger partial charge on any atom is -0.496 e. The number of nitrogens with zero attached hydrogens (tertiary/aromatic N) is 3. The summed E-state index contributed by atoms with van der Waals surface area (Å²) in [6.07, 6.45) is 6.68. The van der Waals surface area contributed by atoms with Gasteiger partial charge in [-0.3, -0.25) is 9.71 Å². The van der Waals surface area contributed by atoms with Crippen molar-refractivity contribution in [2.75, 3.05) is 11.8 Å². The maximum atomic E-state index is 13.9. The lowest BCUT2D eigenvalue weighted by Crippen LogP contribution is -2.13. The number of hydrogen-bond acceptors (Lipinski definition) is 7. The number of nitriles is 1. The molecular formula is C27H20ClFN4O4S. The molecule has 0 aliphatic rings. The van der Waals surface area contributed by atoms with Crippen LogP contribution in [0.2, 0.25) is 5.02 Å². The number of methoxy groups -OCH3 is 1. The van der Waals surface area contributed by atoms with E-state index in [2.05, 4.69) is 26.0 Å². The molecule has 0 bridgehead atoms. The highest BCUT2D eigenvalue weighted by atomic mass is 35.5. The molecule has 2 aromatic heterocycles. The van der Waals surface area contributed by atoms with E-state index in [1.807, 2.05) is 6.07 Å². The number of pyridine rings is 1. The number of sulfonamides is 1. The van der Waals surface area contributed by atoms with E-state index in [1.165, 1.54) is 43.8 Å². The second-order valence-corrected chi connectivity index (χ2v) is 9.93. The fourth-order valence-corrected chi connectivity index (χ4v) is 5.10. The number of allylic oxidation sites excluding steroid dienone is 5. The molecule has 0 unspecified atom stereocenters. The highest BCUT2D eigenvalue weighted by Crippen LogP contribution is 2.40. The van der Waals surface area contributed by atoms with E-state index in [0.29, 0.717) is 43.9 Å². The average molecular weight is 551 g/mol. The average Bonchev–Trinajstić information content (AvgIpc) is 3.43. The Kier molecular flexibility index (Phi) is 7.62. The van der Waals surface area contributed by atoms with E-state index in [9.17, 15) is 18.1 Å². The number of fused-ring (bicyclic) bond motifs is 1. The van der Waals surface area contributed by atoms with Gasteiger partial charge in [0, 0.05) is 39.2 Å². The molecule has 0 atom stereocenters. The van der Waals surface area contributed by atoms with Gasteiger partial charge in [-0.1, -0.05) is 35.5 Å². The largest absolute Gasteiger partial charge is 0.496 e. The smallest absolute Gasteiger partial charge is 0.263 e. The summed E-state index contributed by atoms with van der Waals surface area (Å²) in [6, 6.07) is 11.0. The summed E-state index contributed by atoms with van der Waals surface area (Å²) in [4.78, 5) is 4.37. The molecule has 0 aliphatic carbocycles. The Hall–Kier alpha value is -4.46. The van der Waals surface area contributed by atoms with Crippen molar-refractivity contribution in [1.29, 1.82) is 5.26 Å². The van der Waals surface area contributed by atoms with Crippen LogP contribution in [0.5, 0.6) is 5.75 Å². The molecule has 4 aromatic rings. The third kappa shape index (κ3) is 5.16. The molecule has 1 N–H and O–H groups in total. The maximum absolute atomic E-state index is 13.9. The van der Waals surface area contributed by atoms with E-state index in [-0.39, 0.29) is 16.3 Å². The van der Waals surface area contributed by atoms with Crippen molar-refractivity contribution in [3.63, 3.8) is 0 Å². The van der Waals surface area contributed by atoms with Gasteiger partial charge in [-0.25, -0.2) is 12.8 Å². The van der Waals surface area contributed by atoms with Crippen LogP contribution in [0.25, 0.3) is 27.6 Å². The minimum absolute atomic E-state index is 0.0174. The Morgan fingerprint density at radius 1 is 1.26 bits per heavy atom. The standard InChI is InChI=1S/C27H20ClFN4O4S/c1-4-16(10-18(29)5-2)22-13-25(36-3)23(12-24(22)28)27-20-7-6-19(11-21(20)17(14-30)15-31-27)38(34,35)33-26-8-9-37-32-26/h4-13,15H,2H2,1,3H3,(H,32,33)/b16-4+,18-10+. The number of halogens is 2. The van der Waals surface area contributed by atoms with Gasteiger partial charge in [0.1, 0.15) is 23.9 Å². The molecule has 38 heavy (non-hydrogen) atoms. The van der Waals surface area contributed by atoms with Crippen LogP contribution in [0, 0.1) is 11.3 Å². The number of aromatic nitrogens is 2. The molecule has 0 amide bonds. The molecule has 0 saturated carbocycles. The van der Waals surface area contributed by atoms with Gasteiger partial charge in [0.05, 0.1) is 23.3 Å². The highest BCUT2D eigenvalue weighted by Gasteiger charge is 2.21. The van der Waals surface area contributed by atoms with Crippen molar-refractivity contribution in [1.82, 2.24) is 10.1 Å². The van der Waals surface area contributed by atoms with Crippen molar-refractivity contribution in [3.8, 4) is 23.1 Å². The first kappa shape index (κ1) is 26.6. The van der Waals surface area contributed by atoms with Crippen LogP contribution in [0.1, 0.15) is 18.1 Å². The zero-order valence-electron chi connectivity index (χ0n) is 20.2. The zero-order chi connectivity index (χ0) is 27.4. The fourth-order valence-electron chi connectivity index (χ4n) is 3.81. The third-order valence-corrected chi connectivity index (χ3v) is 7.29. The summed E-state index contributed by atoms with van der Waals surface area (Å²) in [6.45, 7) is 5.17. The molecule has 2 heterocycles. The Bertz CT molecular complexity index is 1760. The molecule has 0 spiro atoms. The lowest BCUT2D eigenvalue weighted by Gasteiger charge is -2.15. The molecular weight excluding hydrogens is 531 g/mol. The first-order valence-corrected chi connectivity index (χ1v) is 12.9. The molecule has 2 aromatic carbocycles. The quantitative estimate of drug-likeness (QED) is 0.243. The van der Waals surface area contributed by atoms with Crippen LogP contribution in [0.3, 0.4) is 0 Å². The molecule has 192 valence electrons. The number of benzene rings is 2. The summed E-state index contributed by atoms with van der Waals surface area (Å²) >= 11 is 6.62. The van der Waals surface area contributed by atoms with Crippen molar-refractivity contribution < 1.29 is 22.1 Å². The van der Waals surface area contributed by atoms with E-state index < -0.39 is 15.9 Å². The SMILES string of the molecule is C=C/C(F)=C\C(=C/C)c1cc(OC)c(-c2ncc(C#N)c3cc(S(=O)(=O)Nc4ccon4)ccc23)cc1Cl. The molecule has 11 heteroatoms. The first-order valence-electron chi connectivity index (χ1n) is 11.0. The summed E-state index contributed by atoms with van der Waals surface area (Å²) in [7, 11) is -2.55. The van der Waals surface area contributed by atoms with E-state index in [4.69, 9.17) is 16.3 Å². The number of ether oxygens (including phenoxy) is 1. The topological polar surface area (TPSA) is 118 Å². The van der Waals surface area contributed by atoms with Gasteiger partial charge in [-0.15, -0.1) is 0 Å². The van der Waals surface area contributed by atoms with E-state index in [1.54, 1.807) is 31.2 Å². The summed E-state index contributed by atoms with van der Waals surface area (Å²) < 4.78 is 52.3. The molecule has 8 nitrogen and oxygen atoms in total. The Labute approximate surface area is 223 Å². The van der Waals surface area contributed by atoms with Crippen LogP contribution in [-0.2, 0) is 10.0 Å². The predicted molar refractivity (Wildman–Crippen MR) is 144 cm³/mol. The summed E-state index contributed by atoms with van der Waals surface area (Å²) in [5, 5.41) is 14.4. The zero-order valence-corrected chi connectivity index (χ0v) is 21.8. The highest BCUT2D eigenvalue weighted by molar-refractivity contribution is 7.92. The van der Waals surface area contributed by atoms with Crippen molar-refractivity contribution in [2.45, 2.75) is 11.8 Å². The normalized spacial score (nSPS) is 12.3. The number of hydrogen-bond donors (Lipinski definition) is 1. The predicted octanol–water partition coefficient (Wildman–Crippen LogP) is 6.67. The van der Waals surface area contributed by atoms with E-state index in [0.717, 1.165) is 6.08 Å². The van der Waals surface area contributed by atoms with Crippen molar-refractivity contribution >= 4 is 43.8 Å². The molecule has 0 saturated heterocycles. The Morgan fingerprint density at radius 3 is 2.68 bits per heavy atom. The van der Waals surface area contributed by atoms with Crippen LogP contribution in [-0.4, -0.2) is 25.7 Å². The number of rotatable bonds is 8. The van der Waals surface area contributed by atoms with Gasteiger partial charge >= 0.3 is 0 Å². The van der Waals surface area contributed by atoms with Gasteiger partial charge < -0.3 is 9.26 Å². The molecule has 0 radical (unpaired) electrons. The lowest BCUT2D eigenvalue weighted by atomic mass is 9.97. The van der Waals surface area contributed by atoms with Crippen molar-refractivity contribution in [3.05, 3.63) is 95.6 Å². The minimum atomic E-state index is -4.02. The van der Waals surface area contributed by atoms with Gasteiger partial charge in [0.15, 0.2) is 5.82 Å². The number of anilines is 1. The van der Waals surface area contributed by atoms with Crippen LogP contribution >= 0.6 is 11.6 Å². The second kappa shape index (κ2) is 10.9. The molecule has 0 aliphatic heterocycles. The molecule has 4 rings (SSSR count). The van der Waals surface area contributed by atoms with Crippen LogP contribution < -0.4 is 9.46 Å². The number of nitrogens with one attached hydrogen (secondary N) is 1. The van der Waals surface area contributed by atoms with Gasteiger partial charge in [0.25, 0.3) is 10.0 Å². The maximum Gasteiger partial charge on any atom is 0.263 e. The first-order chi connectivity index (χ1) is 18.2. The summed E-state index contributed by atoms with van der Waals surface area (Å²) in [5.41, 5.74) is 2.12. The van der Waals surface area contributed by atoms with Gasteiger partial charge in [-0.2, -0.15) is 5.26 Å². The third-order valence-electron chi connectivity index (χ3n) is 5.62. The van der Waals surface area contributed by atoms with E-state index >= 15 is 0 Å². The van der Waals surface area contributed by atoms with Crippen LogP contribution in [0.15, 0.2) is 88.9 Å². The van der Waals surface area contributed by atoms with Crippen LogP contribution in [0.4, 0.5) is 10.2 Å². The monoisotopic (exact) mass is 550 g/mol. The van der Waals surface area contributed by atoms with Crippen molar-refractivity contribution in [2.24, 2.45) is 0 Å². The van der Waals surface area contributed by atoms with Gasteiger partial charge in [0.2, 0.25) is 0 Å². The Morgan fingerprint density at radius 2 is 2.05 bits per heavy atom. The Balaban J connectivity index is 1.89. The van der Waals surface area contributed by atoms with Gasteiger partial charge in [-0.05, 0) is 48.9 Å².